The van der Waals surface area contributed by atoms with Crippen LogP contribution in [0.15, 0.2) is 10.3 Å². The molecule has 0 atom stereocenters. The maximum atomic E-state index is 12.0. The van der Waals surface area contributed by atoms with Crippen LogP contribution in [0.3, 0.4) is 0 Å². The second-order valence-electron chi connectivity index (χ2n) is 4.91. The predicted molar refractivity (Wildman–Crippen MR) is 74.6 cm³/mol. The van der Waals surface area contributed by atoms with Crippen LogP contribution in [0.25, 0.3) is 0 Å². The zero-order valence-electron chi connectivity index (χ0n) is 11.0. The molecule has 0 aliphatic rings. The van der Waals surface area contributed by atoms with E-state index in [0.717, 1.165) is 12.5 Å². The van der Waals surface area contributed by atoms with Crippen molar-refractivity contribution in [1.29, 1.82) is 0 Å². The van der Waals surface area contributed by atoms with E-state index in [4.69, 9.17) is 5.73 Å². The van der Waals surface area contributed by atoms with Crippen molar-refractivity contribution in [2.24, 2.45) is 5.41 Å². The minimum atomic E-state index is -3.75. The van der Waals surface area contributed by atoms with Crippen LogP contribution < -0.4 is 10.5 Å². The third-order valence-corrected chi connectivity index (χ3v) is 5.71. The Morgan fingerprint density at radius 2 is 2.11 bits per heavy atom. The van der Waals surface area contributed by atoms with Crippen LogP contribution in [0.4, 0.5) is 10.7 Å². The molecule has 0 fully saturated rings. The summed E-state index contributed by atoms with van der Waals surface area (Å²) in [4.78, 5) is 9.95. The number of thiophene rings is 1. The Morgan fingerprint density at radius 1 is 1.53 bits per heavy atom. The van der Waals surface area contributed by atoms with Gasteiger partial charge in [-0.2, -0.15) is 0 Å². The van der Waals surface area contributed by atoms with Crippen molar-refractivity contribution in [3.05, 3.63) is 16.2 Å². The molecule has 19 heavy (non-hydrogen) atoms. The van der Waals surface area contributed by atoms with Crippen LogP contribution in [0.5, 0.6) is 0 Å². The molecule has 0 aliphatic heterocycles. The van der Waals surface area contributed by atoms with Crippen molar-refractivity contribution < 1.29 is 13.3 Å². The Morgan fingerprint density at radius 3 is 2.53 bits per heavy atom. The number of anilines is 1. The average molecular weight is 307 g/mol. The van der Waals surface area contributed by atoms with Crippen LogP contribution in [0.2, 0.25) is 0 Å². The third-order valence-electron chi connectivity index (χ3n) is 2.88. The number of nitrogens with one attached hydrogen (secondary N) is 1. The largest absolute Gasteiger partial charge is 0.385 e. The minimum Gasteiger partial charge on any atom is -0.385 e. The molecule has 0 saturated carbocycles. The molecular weight excluding hydrogens is 290 g/mol. The molecule has 1 aromatic heterocycles. The first-order chi connectivity index (χ1) is 8.59. The summed E-state index contributed by atoms with van der Waals surface area (Å²) >= 11 is 0.693. The Kier molecular flexibility index (Phi) is 4.54. The molecule has 3 N–H and O–H groups in total. The van der Waals surface area contributed by atoms with Gasteiger partial charge in [-0.25, -0.2) is 13.1 Å². The van der Waals surface area contributed by atoms with Crippen LogP contribution >= 0.6 is 11.3 Å². The van der Waals surface area contributed by atoms with Crippen molar-refractivity contribution in [3.8, 4) is 0 Å². The summed E-state index contributed by atoms with van der Waals surface area (Å²) in [5.74, 6) is 0. The van der Waals surface area contributed by atoms with E-state index in [0.29, 0.717) is 11.3 Å². The molecule has 7 nitrogen and oxygen atoms in total. The van der Waals surface area contributed by atoms with Gasteiger partial charge in [-0.15, -0.1) is 0 Å². The van der Waals surface area contributed by atoms with Crippen molar-refractivity contribution in [2.75, 3.05) is 12.3 Å². The van der Waals surface area contributed by atoms with Gasteiger partial charge in [0.2, 0.25) is 10.0 Å². The van der Waals surface area contributed by atoms with Gasteiger partial charge in [0.05, 0.1) is 4.92 Å². The third kappa shape index (κ3) is 3.88. The van der Waals surface area contributed by atoms with E-state index in [1.54, 1.807) is 0 Å². The smallest absolute Gasteiger partial charge is 0.304 e. The maximum absolute atomic E-state index is 12.0. The predicted octanol–water partition coefficient (Wildman–Crippen LogP) is 1.95. The van der Waals surface area contributed by atoms with Crippen molar-refractivity contribution in [1.82, 2.24) is 4.72 Å². The van der Waals surface area contributed by atoms with Gasteiger partial charge in [0, 0.05) is 12.6 Å². The molecule has 9 heteroatoms. The number of hydrogen-bond donors (Lipinski definition) is 2. The van der Waals surface area contributed by atoms with Gasteiger partial charge in [-0.3, -0.25) is 10.1 Å². The van der Waals surface area contributed by atoms with E-state index >= 15 is 0 Å². The molecule has 0 bridgehead atoms. The number of nitrogens with zero attached hydrogens (tertiary/aromatic N) is 1. The van der Waals surface area contributed by atoms with Crippen molar-refractivity contribution in [2.45, 2.75) is 31.4 Å². The molecule has 1 rings (SSSR count). The van der Waals surface area contributed by atoms with E-state index in [1.807, 2.05) is 20.8 Å². The first-order valence-electron chi connectivity index (χ1n) is 5.62. The fourth-order valence-corrected chi connectivity index (χ4v) is 3.63. The van der Waals surface area contributed by atoms with Crippen molar-refractivity contribution in [3.63, 3.8) is 0 Å². The summed E-state index contributed by atoms with van der Waals surface area (Å²) in [5.41, 5.74) is 4.88. The Balaban J connectivity index is 2.96. The Labute approximate surface area is 116 Å². The molecule has 0 radical (unpaired) electrons. The van der Waals surface area contributed by atoms with E-state index in [9.17, 15) is 18.5 Å². The average Bonchev–Trinajstić information content (AvgIpc) is 2.70. The quantitative estimate of drug-likeness (QED) is 0.615. The Bertz CT molecular complexity index is 578. The fraction of sp³-hybridized carbons (Fsp3) is 0.600. The first-order valence-corrected chi connectivity index (χ1v) is 7.92. The molecule has 0 spiro atoms. The lowest BCUT2D eigenvalue weighted by Gasteiger charge is -2.22. The number of nitrogen functional groups attached to an aromatic ring is 1. The highest BCUT2D eigenvalue weighted by Crippen LogP contribution is 2.34. The summed E-state index contributed by atoms with van der Waals surface area (Å²) in [6.45, 7) is 6.08. The highest BCUT2D eigenvalue weighted by Gasteiger charge is 2.26. The molecule has 0 aliphatic carbocycles. The van der Waals surface area contributed by atoms with Gasteiger partial charge >= 0.3 is 5.69 Å². The normalized spacial score (nSPS) is 12.6. The molecule has 0 amide bonds. The van der Waals surface area contributed by atoms with E-state index in [2.05, 4.69) is 4.72 Å². The molecule has 1 heterocycles. The van der Waals surface area contributed by atoms with Crippen LogP contribution in [0.1, 0.15) is 27.2 Å². The molecule has 108 valence electrons. The van der Waals surface area contributed by atoms with Crippen LogP contribution in [0, 0.1) is 15.5 Å². The van der Waals surface area contributed by atoms with Gasteiger partial charge in [0.15, 0.2) is 5.00 Å². The minimum absolute atomic E-state index is 0.111. The summed E-state index contributed by atoms with van der Waals surface area (Å²) in [6.07, 6.45) is 0.808. The lowest BCUT2D eigenvalue weighted by atomic mass is 9.91. The van der Waals surface area contributed by atoms with Gasteiger partial charge in [-0.05, 0) is 11.8 Å². The fourth-order valence-electron chi connectivity index (χ4n) is 1.13. The number of hydrogen-bond acceptors (Lipinski definition) is 6. The second-order valence-corrected chi connectivity index (χ2v) is 7.99. The van der Waals surface area contributed by atoms with E-state index in [-0.39, 0.29) is 26.9 Å². The summed E-state index contributed by atoms with van der Waals surface area (Å²) < 4.78 is 26.3. The zero-order valence-corrected chi connectivity index (χ0v) is 12.6. The summed E-state index contributed by atoms with van der Waals surface area (Å²) in [5, 5.41) is 10.5. The van der Waals surface area contributed by atoms with Gasteiger partial charge in [0.25, 0.3) is 0 Å². The number of nitrogens with two attached hydrogens (primary N) is 1. The van der Waals surface area contributed by atoms with Crippen LogP contribution in [-0.4, -0.2) is 19.9 Å². The number of nitro groups is 1. The van der Waals surface area contributed by atoms with Gasteiger partial charge < -0.3 is 5.73 Å². The first kappa shape index (κ1) is 15.9. The summed E-state index contributed by atoms with van der Waals surface area (Å²) in [7, 11) is -3.75. The number of sulfonamides is 1. The SMILES string of the molecule is CCC(C)(C)CNS(=O)(=O)c1cc([N+](=O)[O-])c(N)s1. The molecular formula is C10H17N3O4S2. The topological polar surface area (TPSA) is 115 Å². The van der Waals surface area contributed by atoms with E-state index in [1.165, 1.54) is 0 Å². The molecule has 0 saturated heterocycles. The highest BCUT2D eigenvalue weighted by atomic mass is 32.2. The van der Waals surface area contributed by atoms with Crippen molar-refractivity contribution >= 4 is 32.0 Å². The Hall–Kier alpha value is -1.19. The molecule has 1 aromatic rings. The van der Waals surface area contributed by atoms with Crippen LogP contribution in [-0.2, 0) is 10.0 Å². The molecule has 0 aromatic carbocycles. The van der Waals surface area contributed by atoms with Gasteiger partial charge in [0.1, 0.15) is 4.21 Å². The molecule has 0 unspecified atom stereocenters. The van der Waals surface area contributed by atoms with E-state index < -0.39 is 14.9 Å². The van der Waals surface area contributed by atoms with Gasteiger partial charge in [-0.1, -0.05) is 32.1 Å². The number of rotatable bonds is 6. The second kappa shape index (κ2) is 5.43. The summed E-state index contributed by atoms with van der Waals surface area (Å²) in [6, 6.07) is 0.987. The maximum Gasteiger partial charge on any atom is 0.304 e. The highest BCUT2D eigenvalue weighted by molar-refractivity contribution is 7.91. The zero-order chi connectivity index (χ0) is 14.8. The lowest BCUT2D eigenvalue weighted by Crippen LogP contribution is -2.33. The lowest BCUT2D eigenvalue weighted by molar-refractivity contribution is -0.383. The monoisotopic (exact) mass is 307 g/mol. The standard InChI is InChI=1S/C10H17N3O4S2/c1-4-10(2,3)6-12-19(16,17)8-5-7(13(14)15)9(11)18-8/h5,12H,4,6,11H2,1-3H3.